The van der Waals surface area contributed by atoms with Crippen LogP contribution in [0.4, 0.5) is 0 Å². The van der Waals surface area contributed by atoms with Crippen LogP contribution in [0.3, 0.4) is 0 Å². The Morgan fingerprint density at radius 1 is 1.35 bits per heavy atom. The average molecular weight is 271 g/mol. The molecule has 0 amide bonds. The second kappa shape index (κ2) is 5.38. The highest BCUT2D eigenvalue weighted by Gasteiger charge is 2.40. The van der Waals surface area contributed by atoms with Crippen molar-refractivity contribution in [1.82, 2.24) is 10.5 Å². The lowest BCUT2D eigenvalue weighted by Gasteiger charge is -2.29. The first-order valence-corrected chi connectivity index (χ1v) is 7.17. The first-order valence-electron chi connectivity index (χ1n) is 7.17. The summed E-state index contributed by atoms with van der Waals surface area (Å²) in [7, 11) is 0. The highest BCUT2D eigenvalue weighted by atomic mass is 16.5. The lowest BCUT2D eigenvalue weighted by atomic mass is 9.96. The minimum absolute atomic E-state index is 0.0197. The summed E-state index contributed by atoms with van der Waals surface area (Å²) in [6, 6.07) is 12.0. The number of nitrogens with zero attached hydrogens (tertiary/aromatic N) is 1. The molecule has 1 unspecified atom stereocenters. The van der Waals surface area contributed by atoms with Crippen LogP contribution in [0, 0.1) is 5.92 Å². The maximum absolute atomic E-state index is 5.90. The predicted octanol–water partition coefficient (Wildman–Crippen LogP) is 2.56. The Morgan fingerprint density at radius 3 is 2.75 bits per heavy atom. The van der Waals surface area contributed by atoms with E-state index >= 15 is 0 Å². The lowest BCUT2D eigenvalue weighted by Crippen LogP contribution is -2.50. The Morgan fingerprint density at radius 2 is 2.10 bits per heavy atom. The van der Waals surface area contributed by atoms with Crippen LogP contribution in [0.2, 0.25) is 0 Å². The molecule has 1 atom stereocenters. The van der Waals surface area contributed by atoms with Gasteiger partial charge in [-0.15, -0.1) is 0 Å². The molecule has 1 aromatic heterocycles. The summed E-state index contributed by atoms with van der Waals surface area (Å²) in [6.07, 6.45) is 2.55. The van der Waals surface area contributed by atoms with Gasteiger partial charge in [0.1, 0.15) is 0 Å². The molecule has 0 aliphatic heterocycles. The third kappa shape index (κ3) is 2.76. The van der Waals surface area contributed by atoms with Crippen molar-refractivity contribution in [3.8, 4) is 11.3 Å². The number of hydrogen-bond acceptors (Lipinski definition) is 4. The van der Waals surface area contributed by atoms with E-state index < -0.39 is 0 Å². The van der Waals surface area contributed by atoms with E-state index in [9.17, 15) is 0 Å². The van der Waals surface area contributed by atoms with Gasteiger partial charge in [-0.25, -0.2) is 0 Å². The van der Waals surface area contributed by atoms with Gasteiger partial charge < -0.3 is 15.6 Å². The van der Waals surface area contributed by atoms with Gasteiger partial charge in [0.05, 0.1) is 5.69 Å². The highest BCUT2D eigenvalue weighted by Crippen LogP contribution is 2.39. The van der Waals surface area contributed by atoms with E-state index in [-0.39, 0.29) is 5.54 Å². The van der Waals surface area contributed by atoms with Gasteiger partial charge in [0, 0.05) is 30.3 Å². The minimum Gasteiger partial charge on any atom is -0.356 e. The van der Waals surface area contributed by atoms with E-state index in [2.05, 4.69) is 17.4 Å². The maximum Gasteiger partial charge on any atom is 0.167 e. The summed E-state index contributed by atoms with van der Waals surface area (Å²) in [4.78, 5) is 0. The van der Waals surface area contributed by atoms with Crippen molar-refractivity contribution in [2.75, 3.05) is 6.54 Å². The molecule has 1 aromatic carbocycles. The van der Waals surface area contributed by atoms with Crippen molar-refractivity contribution in [2.24, 2.45) is 11.7 Å². The molecule has 1 saturated carbocycles. The van der Waals surface area contributed by atoms with Gasteiger partial charge in [-0.05, 0) is 25.7 Å². The minimum atomic E-state index is 0.0197. The Labute approximate surface area is 119 Å². The van der Waals surface area contributed by atoms with Gasteiger partial charge in [-0.2, -0.15) is 0 Å². The molecule has 3 N–H and O–H groups in total. The Balaban J connectivity index is 1.66. The van der Waals surface area contributed by atoms with E-state index in [0.717, 1.165) is 17.0 Å². The zero-order chi connectivity index (χ0) is 14.0. The SMILES string of the molecule is CC(CN)(NCc1cc(-c2ccccc2)on1)C1CC1. The molecule has 4 nitrogen and oxygen atoms in total. The second-order valence-corrected chi connectivity index (χ2v) is 5.80. The molecular weight excluding hydrogens is 250 g/mol. The Kier molecular flexibility index (Phi) is 3.59. The topological polar surface area (TPSA) is 64.1 Å². The first-order chi connectivity index (χ1) is 9.71. The monoisotopic (exact) mass is 271 g/mol. The zero-order valence-corrected chi connectivity index (χ0v) is 11.8. The summed E-state index contributed by atoms with van der Waals surface area (Å²) in [5, 5.41) is 7.67. The maximum atomic E-state index is 5.90. The average Bonchev–Trinajstić information content (AvgIpc) is 3.25. The molecule has 3 rings (SSSR count). The molecule has 0 radical (unpaired) electrons. The predicted molar refractivity (Wildman–Crippen MR) is 79.0 cm³/mol. The smallest absolute Gasteiger partial charge is 0.167 e. The molecule has 1 heterocycles. The van der Waals surface area contributed by atoms with Gasteiger partial charge in [-0.3, -0.25) is 0 Å². The summed E-state index contributed by atoms with van der Waals surface area (Å²) in [5.74, 6) is 1.51. The first kappa shape index (κ1) is 13.3. The normalized spacial score (nSPS) is 17.9. The van der Waals surface area contributed by atoms with E-state index in [1.54, 1.807) is 0 Å². The molecule has 106 valence electrons. The van der Waals surface area contributed by atoms with E-state index in [4.69, 9.17) is 10.3 Å². The summed E-state index contributed by atoms with van der Waals surface area (Å²) >= 11 is 0. The largest absolute Gasteiger partial charge is 0.356 e. The van der Waals surface area contributed by atoms with Crippen LogP contribution >= 0.6 is 0 Å². The molecule has 2 aromatic rings. The Hall–Kier alpha value is -1.65. The van der Waals surface area contributed by atoms with Crippen molar-refractivity contribution in [1.29, 1.82) is 0 Å². The lowest BCUT2D eigenvalue weighted by molar-refractivity contribution is 0.311. The van der Waals surface area contributed by atoms with Crippen molar-refractivity contribution in [2.45, 2.75) is 31.8 Å². The van der Waals surface area contributed by atoms with Gasteiger partial charge in [0.2, 0.25) is 0 Å². The highest BCUT2D eigenvalue weighted by molar-refractivity contribution is 5.56. The molecule has 1 aliphatic carbocycles. The van der Waals surface area contributed by atoms with E-state index in [1.807, 2.05) is 36.4 Å². The van der Waals surface area contributed by atoms with Gasteiger partial charge in [0.15, 0.2) is 5.76 Å². The molecule has 0 saturated heterocycles. The Bertz CT molecular complexity index is 562. The van der Waals surface area contributed by atoms with Crippen LogP contribution in [0.5, 0.6) is 0 Å². The number of aromatic nitrogens is 1. The van der Waals surface area contributed by atoms with Crippen molar-refractivity contribution in [3.05, 3.63) is 42.1 Å². The molecular formula is C16H21N3O. The number of rotatable bonds is 6. The van der Waals surface area contributed by atoms with E-state index in [0.29, 0.717) is 19.0 Å². The zero-order valence-electron chi connectivity index (χ0n) is 11.8. The van der Waals surface area contributed by atoms with Crippen LogP contribution < -0.4 is 11.1 Å². The third-order valence-corrected chi connectivity index (χ3v) is 4.19. The molecule has 0 spiro atoms. The number of hydrogen-bond donors (Lipinski definition) is 2. The van der Waals surface area contributed by atoms with E-state index in [1.165, 1.54) is 12.8 Å². The van der Waals surface area contributed by atoms with Crippen molar-refractivity contribution in [3.63, 3.8) is 0 Å². The number of nitrogens with two attached hydrogens (primary N) is 1. The van der Waals surface area contributed by atoms with Crippen LogP contribution in [0.25, 0.3) is 11.3 Å². The molecule has 1 aliphatic rings. The van der Waals surface area contributed by atoms with Gasteiger partial charge in [0.25, 0.3) is 0 Å². The number of nitrogens with one attached hydrogen (secondary N) is 1. The number of benzene rings is 1. The standard InChI is InChI=1S/C16H21N3O/c1-16(11-17,13-7-8-13)18-10-14-9-15(20-19-14)12-5-3-2-4-6-12/h2-6,9,13,18H,7-8,10-11,17H2,1H3. The molecule has 1 fully saturated rings. The summed E-state index contributed by atoms with van der Waals surface area (Å²) in [6.45, 7) is 3.55. The fraction of sp³-hybridized carbons (Fsp3) is 0.438. The van der Waals surface area contributed by atoms with Crippen LogP contribution in [0.15, 0.2) is 40.9 Å². The van der Waals surface area contributed by atoms with Gasteiger partial charge in [-0.1, -0.05) is 35.5 Å². The van der Waals surface area contributed by atoms with Gasteiger partial charge >= 0.3 is 0 Å². The summed E-state index contributed by atoms with van der Waals surface area (Å²) in [5.41, 5.74) is 7.89. The molecule has 0 bridgehead atoms. The third-order valence-electron chi connectivity index (χ3n) is 4.19. The quantitative estimate of drug-likeness (QED) is 0.847. The molecule has 4 heteroatoms. The van der Waals surface area contributed by atoms with Crippen LogP contribution in [0.1, 0.15) is 25.5 Å². The van der Waals surface area contributed by atoms with Crippen molar-refractivity contribution < 1.29 is 4.52 Å². The molecule has 20 heavy (non-hydrogen) atoms. The van der Waals surface area contributed by atoms with Crippen LogP contribution in [-0.4, -0.2) is 17.2 Å². The second-order valence-electron chi connectivity index (χ2n) is 5.80. The van der Waals surface area contributed by atoms with Crippen molar-refractivity contribution >= 4 is 0 Å². The van der Waals surface area contributed by atoms with Crippen LogP contribution in [-0.2, 0) is 6.54 Å². The summed E-state index contributed by atoms with van der Waals surface area (Å²) < 4.78 is 5.40. The fourth-order valence-corrected chi connectivity index (χ4v) is 2.53. The fourth-order valence-electron chi connectivity index (χ4n) is 2.53.